The van der Waals surface area contributed by atoms with Gasteiger partial charge < -0.3 is 20.2 Å². The van der Waals surface area contributed by atoms with Crippen LogP contribution < -0.4 is 10.6 Å². The summed E-state index contributed by atoms with van der Waals surface area (Å²) in [5.74, 6) is 0.511. The molecule has 0 aromatic carbocycles. The van der Waals surface area contributed by atoms with E-state index >= 15 is 0 Å². The Morgan fingerprint density at radius 2 is 1.94 bits per heavy atom. The lowest BCUT2D eigenvalue weighted by Gasteiger charge is -2.52. The first-order chi connectivity index (χ1) is 15.7. The van der Waals surface area contributed by atoms with E-state index in [0.29, 0.717) is 31.5 Å². The molecule has 0 spiro atoms. The molecule has 7 unspecified atom stereocenters. The predicted octanol–water partition coefficient (Wildman–Crippen LogP) is 2.43. The van der Waals surface area contributed by atoms with Gasteiger partial charge >= 0.3 is 0 Å². The Morgan fingerprint density at radius 3 is 2.52 bits per heavy atom. The van der Waals surface area contributed by atoms with Crippen molar-refractivity contribution in [2.45, 2.75) is 84.8 Å². The first kappa shape index (κ1) is 26.3. The molecule has 2 aliphatic heterocycles. The van der Waals surface area contributed by atoms with Crippen molar-refractivity contribution in [3.63, 3.8) is 0 Å². The zero-order valence-electron chi connectivity index (χ0n) is 21.3. The van der Waals surface area contributed by atoms with Crippen molar-refractivity contribution in [1.29, 1.82) is 0 Å². The smallest absolute Gasteiger partial charge is 0.224 e. The van der Waals surface area contributed by atoms with Gasteiger partial charge in [0.05, 0.1) is 5.92 Å². The lowest BCUT2D eigenvalue weighted by Crippen LogP contribution is -2.59. The molecule has 2 N–H and O–H groups in total. The Bertz CT molecular complexity index is 695. The monoisotopic (exact) mass is 463 g/mol. The van der Waals surface area contributed by atoms with Crippen LogP contribution >= 0.6 is 0 Å². The van der Waals surface area contributed by atoms with E-state index in [0.717, 1.165) is 51.7 Å². The molecule has 2 saturated heterocycles. The fourth-order valence-corrected chi connectivity index (χ4v) is 6.69. The largest absolute Gasteiger partial charge is 0.381 e. The fourth-order valence-electron chi connectivity index (χ4n) is 6.69. The van der Waals surface area contributed by atoms with Crippen molar-refractivity contribution >= 4 is 18.0 Å². The Kier molecular flexibility index (Phi) is 9.09. The van der Waals surface area contributed by atoms with Gasteiger partial charge in [-0.1, -0.05) is 20.8 Å². The molecular weight excluding hydrogens is 418 g/mol. The predicted molar refractivity (Wildman–Crippen MR) is 129 cm³/mol. The van der Waals surface area contributed by atoms with Crippen LogP contribution in [0.3, 0.4) is 0 Å². The first-order valence-corrected chi connectivity index (χ1v) is 13.0. The van der Waals surface area contributed by atoms with Crippen LogP contribution in [-0.2, 0) is 19.1 Å². The number of hydrogen-bond acceptors (Lipinski definition) is 6. The summed E-state index contributed by atoms with van der Waals surface area (Å²) in [4.78, 5) is 40.3. The number of carbonyl (C=O) groups is 3. The van der Waals surface area contributed by atoms with E-state index < -0.39 is 5.41 Å². The van der Waals surface area contributed by atoms with Gasteiger partial charge in [-0.25, -0.2) is 0 Å². The second-order valence-corrected chi connectivity index (χ2v) is 11.0. The molecule has 7 nitrogen and oxygen atoms in total. The first-order valence-electron chi connectivity index (χ1n) is 13.0. The molecule has 7 atom stereocenters. The highest BCUT2D eigenvalue weighted by atomic mass is 16.5. The van der Waals surface area contributed by atoms with Crippen molar-refractivity contribution < 1.29 is 19.1 Å². The van der Waals surface area contributed by atoms with Gasteiger partial charge in [0.15, 0.2) is 0 Å². The lowest BCUT2D eigenvalue weighted by atomic mass is 9.60. The van der Waals surface area contributed by atoms with Gasteiger partial charge in [-0.2, -0.15) is 0 Å². The van der Waals surface area contributed by atoms with Crippen LogP contribution in [0.2, 0.25) is 0 Å². The quantitative estimate of drug-likeness (QED) is 0.511. The molecule has 1 aliphatic carbocycles. The Balaban J connectivity index is 1.75. The molecule has 33 heavy (non-hydrogen) atoms. The Labute approximate surface area is 199 Å². The molecule has 3 fully saturated rings. The maximum Gasteiger partial charge on any atom is 0.224 e. The van der Waals surface area contributed by atoms with E-state index in [1.807, 2.05) is 6.92 Å². The molecule has 0 radical (unpaired) electrons. The molecule has 7 heteroatoms. The number of nitrogens with zero attached hydrogens (tertiary/aromatic N) is 1. The van der Waals surface area contributed by atoms with Crippen LogP contribution in [0.15, 0.2) is 0 Å². The van der Waals surface area contributed by atoms with Crippen molar-refractivity contribution in [3.05, 3.63) is 0 Å². The number of hydrogen-bond donors (Lipinski definition) is 2. The molecule has 1 amide bonds. The van der Waals surface area contributed by atoms with Gasteiger partial charge in [0.25, 0.3) is 0 Å². The van der Waals surface area contributed by atoms with Crippen LogP contribution in [0, 0.1) is 29.1 Å². The molecule has 0 bridgehead atoms. The average molecular weight is 464 g/mol. The van der Waals surface area contributed by atoms with Crippen LogP contribution in [0.25, 0.3) is 0 Å². The van der Waals surface area contributed by atoms with Gasteiger partial charge in [-0.15, -0.1) is 0 Å². The van der Waals surface area contributed by atoms with Gasteiger partial charge in [0.1, 0.15) is 12.1 Å². The SMILES string of the molecule is CCN(C1CCOCC1)C1CC(C(C)=O)CC(C=O)(CNCC2C(=O)NC(C)CC2C)C1C. The minimum atomic E-state index is -0.612. The highest BCUT2D eigenvalue weighted by molar-refractivity contribution is 5.80. The number of carbonyl (C=O) groups excluding carboxylic acids is 3. The van der Waals surface area contributed by atoms with Crippen LogP contribution in [0.1, 0.15) is 66.7 Å². The Hall–Kier alpha value is -1.31. The summed E-state index contributed by atoms with van der Waals surface area (Å²) < 4.78 is 5.59. The van der Waals surface area contributed by atoms with Crippen molar-refractivity contribution in [2.75, 3.05) is 32.8 Å². The maximum atomic E-state index is 12.7. The Morgan fingerprint density at radius 1 is 1.24 bits per heavy atom. The molecule has 1 saturated carbocycles. The van der Waals surface area contributed by atoms with Crippen LogP contribution in [0.4, 0.5) is 0 Å². The van der Waals surface area contributed by atoms with Crippen molar-refractivity contribution in [1.82, 2.24) is 15.5 Å². The zero-order valence-corrected chi connectivity index (χ0v) is 21.3. The third kappa shape index (κ3) is 5.85. The highest BCUT2D eigenvalue weighted by Gasteiger charge is 2.50. The summed E-state index contributed by atoms with van der Waals surface area (Å²) >= 11 is 0. The number of ketones is 1. The number of piperidine rings is 1. The summed E-state index contributed by atoms with van der Waals surface area (Å²) in [6.07, 6.45) is 5.49. The van der Waals surface area contributed by atoms with E-state index in [9.17, 15) is 14.4 Å². The molecular formula is C26H45N3O4. The minimum Gasteiger partial charge on any atom is -0.381 e. The normalized spacial score (nSPS) is 38.2. The molecule has 3 aliphatic rings. The summed E-state index contributed by atoms with van der Waals surface area (Å²) in [6, 6.07) is 0.837. The van der Waals surface area contributed by atoms with Gasteiger partial charge in [-0.05, 0) is 64.3 Å². The summed E-state index contributed by atoms with van der Waals surface area (Å²) in [7, 11) is 0. The lowest BCUT2D eigenvalue weighted by molar-refractivity contribution is -0.134. The van der Waals surface area contributed by atoms with Gasteiger partial charge in [0, 0.05) is 55.8 Å². The van der Waals surface area contributed by atoms with Crippen molar-refractivity contribution in [3.8, 4) is 0 Å². The fraction of sp³-hybridized carbons (Fsp3) is 0.885. The molecule has 3 rings (SSSR count). The number of nitrogens with one attached hydrogen (secondary N) is 2. The second-order valence-electron chi connectivity index (χ2n) is 11.0. The standard InChI is InChI=1S/C26H45N3O4/c1-6-29(22-7-9-33-10-8-22)24-12-21(20(5)31)13-26(16-30,19(24)4)15-27-14-23-17(2)11-18(3)28-25(23)32/h16-19,21-24,27H,6-15H2,1-5H3,(H,28,32). The minimum absolute atomic E-state index is 0.0856. The van der Waals surface area contributed by atoms with E-state index in [2.05, 4.69) is 36.3 Å². The number of ether oxygens (including phenoxy) is 1. The maximum absolute atomic E-state index is 12.7. The number of Topliss-reactive ketones (excluding diaryl/α,β-unsaturated/α-hetero) is 1. The molecule has 188 valence electrons. The zero-order chi connectivity index (χ0) is 24.2. The summed E-state index contributed by atoms with van der Waals surface area (Å²) in [6.45, 7) is 13.8. The average Bonchev–Trinajstić information content (AvgIpc) is 2.78. The topological polar surface area (TPSA) is 87.7 Å². The molecule has 2 heterocycles. The van der Waals surface area contributed by atoms with Crippen LogP contribution in [0.5, 0.6) is 0 Å². The van der Waals surface area contributed by atoms with E-state index in [4.69, 9.17) is 4.74 Å². The molecule has 0 aromatic rings. The van der Waals surface area contributed by atoms with Crippen molar-refractivity contribution in [2.24, 2.45) is 29.1 Å². The van der Waals surface area contributed by atoms with E-state index in [-0.39, 0.29) is 41.5 Å². The van der Waals surface area contributed by atoms with Gasteiger partial charge in [-0.3, -0.25) is 14.5 Å². The highest BCUT2D eigenvalue weighted by Crippen LogP contribution is 2.45. The van der Waals surface area contributed by atoms with Crippen LogP contribution in [-0.4, -0.2) is 73.9 Å². The third-order valence-corrected chi connectivity index (χ3v) is 8.85. The van der Waals surface area contributed by atoms with Gasteiger partial charge in [0.2, 0.25) is 5.91 Å². The summed E-state index contributed by atoms with van der Waals surface area (Å²) in [5.41, 5.74) is -0.612. The van der Waals surface area contributed by atoms with E-state index in [1.54, 1.807) is 6.92 Å². The van der Waals surface area contributed by atoms with E-state index in [1.165, 1.54) is 0 Å². The number of aldehydes is 1. The summed E-state index contributed by atoms with van der Waals surface area (Å²) in [5, 5.41) is 6.56. The molecule has 0 aromatic heterocycles. The second kappa shape index (κ2) is 11.4. The number of amides is 1. The number of rotatable bonds is 9. The third-order valence-electron chi connectivity index (χ3n) is 8.85.